The van der Waals surface area contributed by atoms with Crippen LogP contribution in [0.4, 0.5) is 0 Å². The molecule has 27 heavy (non-hydrogen) atoms. The number of carboxylic acid groups (broad SMARTS) is 1. The van der Waals surface area contributed by atoms with Crippen LogP contribution in [0, 0.1) is 11.8 Å². The minimum atomic E-state index is -0.884. The molecule has 7 heteroatoms. The molecule has 142 valence electrons. The molecule has 1 N–H and O–H groups in total. The van der Waals surface area contributed by atoms with Gasteiger partial charge in [-0.15, -0.1) is 11.3 Å². The zero-order valence-corrected chi connectivity index (χ0v) is 16.0. The van der Waals surface area contributed by atoms with Crippen molar-refractivity contribution >= 4 is 23.2 Å². The van der Waals surface area contributed by atoms with Crippen molar-refractivity contribution in [2.24, 2.45) is 11.8 Å². The number of nitrogens with zero attached hydrogens (tertiary/aromatic N) is 1. The van der Waals surface area contributed by atoms with Gasteiger partial charge in [0, 0.05) is 11.4 Å². The number of carbonyl (C=O) groups is 2. The Morgan fingerprint density at radius 3 is 2.52 bits per heavy atom. The molecule has 0 unspecified atom stereocenters. The van der Waals surface area contributed by atoms with E-state index in [4.69, 9.17) is 9.47 Å². The van der Waals surface area contributed by atoms with Gasteiger partial charge in [-0.05, 0) is 47.5 Å². The highest BCUT2D eigenvalue weighted by molar-refractivity contribution is 7.10. The Labute approximate surface area is 161 Å². The number of carbonyl (C=O) groups excluding carboxylic acids is 1. The molecule has 1 fully saturated rings. The normalized spacial score (nSPS) is 23.5. The molecule has 2 aliphatic rings. The van der Waals surface area contributed by atoms with Crippen LogP contribution < -0.4 is 9.47 Å². The molecule has 2 aromatic rings. The predicted molar refractivity (Wildman–Crippen MR) is 100 cm³/mol. The van der Waals surface area contributed by atoms with Crippen molar-refractivity contribution in [3.8, 4) is 11.5 Å². The van der Waals surface area contributed by atoms with Crippen LogP contribution in [-0.2, 0) is 16.0 Å². The highest BCUT2D eigenvalue weighted by atomic mass is 32.1. The highest BCUT2D eigenvalue weighted by Crippen LogP contribution is 2.46. The maximum absolute atomic E-state index is 13.1. The van der Waals surface area contributed by atoms with Crippen LogP contribution in [0.15, 0.2) is 29.6 Å². The van der Waals surface area contributed by atoms with Crippen LogP contribution >= 0.6 is 11.3 Å². The van der Waals surface area contributed by atoms with Crippen molar-refractivity contribution in [3.63, 3.8) is 0 Å². The standard InChI is InChI=1S/C20H21NO5S/c1-25-15-8-11-5-6-21(19(22)13-9-14(13)20(23)24)18(17-4-3-7-27-17)12(11)10-16(15)26-2/h3-4,7-8,10,13-14,18H,5-6,9H2,1-2H3,(H,23,24)/t13-,14-,18-/m1/s1. The number of thiophene rings is 1. The molecular weight excluding hydrogens is 366 g/mol. The molecule has 1 saturated carbocycles. The molecule has 4 rings (SSSR count). The molecule has 0 saturated heterocycles. The van der Waals surface area contributed by atoms with Crippen LogP contribution in [0.1, 0.15) is 28.5 Å². The number of ether oxygens (including phenoxy) is 2. The van der Waals surface area contributed by atoms with E-state index in [1.54, 1.807) is 25.6 Å². The Hall–Kier alpha value is -2.54. The van der Waals surface area contributed by atoms with Gasteiger partial charge in [0.2, 0.25) is 5.91 Å². The number of amides is 1. The summed E-state index contributed by atoms with van der Waals surface area (Å²) in [4.78, 5) is 27.2. The molecule has 0 radical (unpaired) electrons. The van der Waals surface area contributed by atoms with Gasteiger partial charge in [0.1, 0.15) is 0 Å². The highest BCUT2D eigenvalue weighted by Gasteiger charge is 2.51. The minimum Gasteiger partial charge on any atom is -0.493 e. The average Bonchev–Trinajstić information content (AvgIpc) is 3.32. The minimum absolute atomic E-state index is 0.0683. The lowest BCUT2D eigenvalue weighted by atomic mass is 9.90. The number of fused-ring (bicyclic) bond motifs is 1. The van der Waals surface area contributed by atoms with Crippen LogP contribution in [-0.4, -0.2) is 42.6 Å². The number of benzene rings is 1. The van der Waals surface area contributed by atoms with Crippen LogP contribution in [0.25, 0.3) is 0 Å². The van der Waals surface area contributed by atoms with E-state index in [-0.39, 0.29) is 11.9 Å². The van der Waals surface area contributed by atoms with Crippen molar-refractivity contribution < 1.29 is 24.2 Å². The Kier molecular flexibility index (Phi) is 4.55. The van der Waals surface area contributed by atoms with Gasteiger partial charge in [-0.25, -0.2) is 0 Å². The maximum Gasteiger partial charge on any atom is 0.307 e. The first-order chi connectivity index (χ1) is 13.0. The van der Waals surface area contributed by atoms with E-state index in [2.05, 4.69) is 0 Å². The Morgan fingerprint density at radius 1 is 1.19 bits per heavy atom. The molecule has 1 aliphatic carbocycles. The van der Waals surface area contributed by atoms with E-state index in [0.717, 1.165) is 16.0 Å². The molecule has 0 spiro atoms. The summed E-state index contributed by atoms with van der Waals surface area (Å²) in [5.74, 6) is -0.609. The fraction of sp³-hybridized carbons (Fsp3) is 0.400. The molecular formula is C20H21NO5S. The second-order valence-corrected chi connectivity index (χ2v) is 7.87. The van der Waals surface area contributed by atoms with Gasteiger partial charge >= 0.3 is 5.97 Å². The molecule has 3 atom stereocenters. The average molecular weight is 387 g/mol. The molecule has 2 heterocycles. The Morgan fingerprint density at radius 2 is 1.93 bits per heavy atom. The number of rotatable bonds is 5. The lowest BCUT2D eigenvalue weighted by Crippen LogP contribution is -2.41. The first-order valence-corrected chi connectivity index (χ1v) is 9.74. The fourth-order valence-corrected chi connectivity index (χ4v) is 4.75. The summed E-state index contributed by atoms with van der Waals surface area (Å²) in [6.07, 6.45) is 1.13. The second-order valence-electron chi connectivity index (χ2n) is 6.89. The first kappa shape index (κ1) is 17.9. The Balaban J connectivity index is 1.75. The lowest BCUT2D eigenvalue weighted by Gasteiger charge is -2.37. The topological polar surface area (TPSA) is 76.1 Å². The summed E-state index contributed by atoms with van der Waals surface area (Å²) in [5.41, 5.74) is 2.14. The largest absolute Gasteiger partial charge is 0.493 e. The smallest absolute Gasteiger partial charge is 0.307 e. The summed E-state index contributed by atoms with van der Waals surface area (Å²) in [5, 5.41) is 11.2. The number of hydrogen-bond donors (Lipinski definition) is 1. The van der Waals surface area contributed by atoms with Gasteiger partial charge in [0.25, 0.3) is 0 Å². The number of aliphatic carboxylic acids is 1. The third-order valence-electron chi connectivity index (χ3n) is 5.39. The van der Waals surface area contributed by atoms with E-state index in [9.17, 15) is 14.7 Å². The van der Waals surface area contributed by atoms with Crippen molar-refractivity contribution in [1.82, 2.24) is 4.90 Å². The number of methoxy groups -OCH3 is 2. The fourth-order valence-electron chi connectivity index (χ4n) is 3.89. The lowest BCUT2D eigenvalue weighted by molar-refractivity contribution is -0.142. The quantitative estimate of drug-likeness (QED) is 0.854. The molecule has 1 aromatic carbocycles. The summed E-state index contributed by atoms with van der Waals surface area (Å²) < 4.78 is 10.9. The predicted octanol–water partition coefficient (Wildman–Crippen LogP) is 2.96. The summed E-state index contributed by atoms with van der Waals surface area (Å²) in [6, 6.07) is 7.68. The van der Waals surface area contributed by atoms with Crippen LogP contribution in [0.5, 0.6) is 11.5 Å². The Bertz CT molecular complexity index is 879. The molecule has 6 nitrogen and oxygen atoms in total. The van der Waals surface area contributed by atoms with Gasteiger partial charge in [0.15, 0.2) is 11.5 Å². The molecule has 1 aliphatic heterocycles. The third kappa shape index (κ3) is 3.06. The van der Waals surface area contributed by atoms with Crippen LogP contribution in [0.3, 0.4) is 0 Å². The molecule has 1 aromatic heterocycles. The number of hydrogen-bond acceptors (Lipinski definition) is 5. The van der Waals surface area contributed by atoms with Gasteiger partial charge in [-0.3, -0.25) is 9.59 Å². The summed E-state index contributed by atoms with van der Waals surface area (Å²) >= 11 is 1.59. The molecule has 1 amide bonds. The van der Waals surface area contributed by atoms with E-state index in [1.807, 2.05) is 34.5 Å². The van der Waals surface area contributed by atoms with Gasteiger partial charge < -0.3 is 19.5 Å². The molecule has 0 bridgehead atoms. The van der Waals surface area contributed by atoms with E-state index >= 15 is 0 Å². The van der Waals surface area contributed by atoms with Gasteiger partial charge in [-0.1, -0.05) is 6.07 Å². The second kappa shape index (κ2) is 6.88. The first-order valence-electron chi connectivity index (χ1n) is 8.86. The van der Waals surface area contributed by atoms with Gasteiger partial charge in [-0.2, -0.15) is 0 Å². The zero-order chi connectivity index (χ0) is 19.1. The SMILES string of the molecule is COc1cc2c(cc1OC)[C@H](c1cccs1)N(C(=O)[C@@H]1C[C@H]1C(=O)O)CC2. The van der Waals surface area contributed by atoms with E-state index in [0.29, 0.717) is 30.9 Å². The van der Waals surface area contributed by atoms with E-state index in [1.165, 1.54) is 0 Å². The third-order valence-corrected chi connectivity index (χ3v) is 6.32. The van der Waals surface area contributed by atoms with Crippen molar-refractivity contribution in [1.29, 1.82) is 0 Å². The maximum atomic E-state index is 13.1. The zero-order valence-electron chi connectivity index (χ0n) is 15.2. The van der Waals surface area contributed by atoms with Crippen molar-refractivity contribution in [2.45, 2.75) is 18.9 Å². The number of carboxylic acids is 1. The summed E-state index contributed by atoms with van der Waals surface area (Å²) in [6.45, 7) is 0.562. The summed E-state index contributed by atoms with van der Waals surface area (Å²) in [7, 11) is 3.20. The monoisotopic (exact) mass is 387 g/mol. The van der Waals surface area contributed by atoms with Crippen molar-refractivity contribution in [3.05, 3.63) is 45.6 Å². The van der Waals surface area contributed by atoms with Crippen molar-refractivity contribution in [2.75, 3.05) is 20.8 Å². The van der Waals surface area contributed by atoms with Gasteiger partial charge in [0.05, 0.1) is 32.1 Å². The van der Waals surface area contributed by atoms with Crippen LogP contribution in [0.2, 0.25) is 0 Å². The van der Waals surface area contributed by atoms with E-state index < -0.39 is 17.8 Å².